The number of fused-ring (bicyclic) bond motifs is 3. The topological polar surface area (TPSA) is 87.3 Å². The van der Waals surface area contributed by atoms with Crippen molar-refractivity contribution in [2.45, 2.75) is 33.4 Å². The Hall–Kier alpha value is -4.59. The van der Waals surface area contributed by atoms with Gasteiger partial charge in [0.2, 0.25) is 5.91 Å². The average Bonchev–Trinajstić information content (AvgIpc) is 3.22. The summed E-state index contributed by atoms with van der Waals surface area (Å²) in [7, 11) is 3.36. The third-order valence-corrected chi connectivity index (χ3v) is 7.05. The number of carbonyl (C=O) groups excluding carboxylic acids is 1. The van der Waals surface area contributed by atoms with Crippen LogP contribution in [-0.4, -0.2) is 26.7 Å². The Morgan fingerprint density at radius 3 is 2.42 bits per heavy atom. The number of aryl methyl sites for hydroxylation is 3. The number of hydrogen-bond donors (Lipinski definition) is 1. The predicted octanol–water partition coefficient (Wildman–Crippen LogP) is 4.22. The van der Waals surface area contributed by atoms with Crippen LogP contribution in [0.2, 0.25) is 0 Å². The van der Waals surface area contributed by atoms with E-state index in [9.17, 15) is 14.4 Å². The third-order valence-electron chi connectivity index (χ3n) is 7.05. The van der Waals surface area contributed by atoms with Crippen molar-refractivity contribution in [2.75, 3.05) is 12.4 Å². The molecule has 1 amide bonds. The minimum Gasteiger partial charge on any atom is -0.497 e. The van der Waals surface area contributed by atoms with Crippen LogP contribution in [0.15, 0.2) is 76.3 Å². The summed E-state index contributed by atoms with van der Waals surface area (Å²) in [5.41, 5.74) is 4.09. The summed E-state index contributed by atoms with van der Waals surface area (Å²) < 4.78 is 9.80. The van der Waals surface area contributed by atoms with Crippen LogP contribution in [-0.2, 0) is 31.4 Å². The molecule has 0 aliphatic carbocycles. The number of carbonyl (C=O) groups is 1. The number of aromatic nitrogens is 3. The van der Waals surface area contributed by atoms with Gasteiger partial charge < -0.3 is 14.6 Å². The van der Waals surface area contributed by atoms with E-state index in [1.807, 2.05) is 74.5 Å². The van der Waals surface area contributed by atoms with Gasteiger partial charge in [0.25, 0.3) is 5.56 Å². The fraction of sp³-hybridized carbons (Fsp3) is 0.233. The summed E-state index contributed by atoms with van der Waals surface area (Å²) in [5.74, 6) is 0.247. The third kappa shape index (κ3) is 4.28. The lowest BCUT2D eigenvalue weighted by Crippen LogP contribution is -2.42. The monoisotopic (exact) mass is 510 g/mol. The van der Waals surface area contributed by atoms with Crippen LogP contribution in [0.25, 0.3) is 21.9 Å². The standard InChI is InChI=1S/C30H30N4O4/c1-5-21-13-9-10-19(2)26(21)31-25(35)18-33-27-23-16-22(38-4)14-15-24(23)32(3)28(27)29(36)34(30(33)37)17-20-11-7-6-8-12-20/h6-16H,5,17-18H2,1-4H3,(H,31,35). The number of benzene rings is 3. The number of amides is 1. The molecule has 0 saturated carbocycles. The van der Waals surface area contributed by atoms with Crippen LogP contribution in [0.5, 0.6) is 5.75 Å². The largest absolute Gasteiger partial charge is 0.497 e. The van der Waals surface area contributed by atoms with Crippen molar-refractivity contribution in [3.8, 4) is 5.75 Å². The van der Waals surface area contributed by atoms with Gasteiger partial charge in [-0.3, -0.25) is 18.7 Å². The molecule has 0 bridgehead atoms. The maximum Gasteiger partial charge on any atom is 0.332 e. The Bertz CT molecular complexity index is 1800. The van der Waals surface area contributed by atoms with Crippen LogP contribution in [0.1, 0.15) is 23.6 Å². The van der Waals surface area contributed by atoms with Gasteiger partial charge in [0.1, 0.15) is 17.8 Å². The highest BCUT2D eigenvalue weighted by molar-refractivity contribution is 6.07. The molecule has 0 saturated heterocycles. The molecule has 2 aromatic heterocycles. The maximum absolute atomic E-state index is 13.9. The molecule has 38 heavy (non-hydrogen) atoms. The Kier molecular flexibility index (Phi) is 6.63. The van der Waals surface area contributed by atoms with E-state index < -0.39 is 11.2 Å². The van der Waals surface area contributed by atoms with Gasteiger partial charge in [0.05, 0.1) is 24.7 Å². The summed E-state index contributed by atoms with van der Waals surface area (Å²) in [6, 6.07) is 20.7. The van der Waals surface area contributed by atoms with Crippen molar-refractivity contribution in [3.63, 3.8) is 0 Å². The van der Waals surface area contributed by atoms with E-state index in [1.165, 1.54) is 9.13 Å². The highest BCUT2D eigenvalue weighted by Crippen LogP contribution is 2.29. The molecule has 0 radical (unpaired) electrons. The summed E-state index contributed by atoms with van der Waals surface area (Å²) in [6.45, 7) is 3.81. The molecule has 0 atom stereocenters. The summed E-state index contributed by atoms with van der Waals surface area (Å²) in [5, 5.41) is 3.68. The van der Waals surface area contributed by atoms with E-state index in [1.54, 1.807) is 24.8 Å². The van der Waals surface area contributed by atoms with Crippen LogP contribution in [0.4, 0.5) is 5.69 Å². The van der Waals surface area contributed by atoms with Crippen molar-refractivity contribution in [2.24, 2.45) is 7.05 Å². The van der Waals surface area contributed by atoms with Crippen molar-refractivity contribution in [3.05, 3.63) is 104 Å². The average molecular weight is 511 g/mol. The molecule has 1 N–H and O–H groups in total. The first kappa shape index (κ1) is 25.1. The van der Waals surface area contributed by atoms with Gasteiger partial charge in [-0.15, -0.1) is 0 Å². The molecule has 8 heteroatoms. The summed E-state index contributed by atoms with van der Waals surface area (Å²) in [6.07, 6.45) is 0.757. The second-order valence-electron chi connectivity index (χ2n) is 9.40. The second kappa shape index (κ2) is 10.0. The number of nitrogens with zero attached hydrogens (tertiary/aromatic N) is 3. The molecular weight excluding hydrogens is 480 g/mol. The predicted molar refractivity (Wildman–Crippen MR) is 150 cm³/mol. The number of rotatable bonds is 7. The second-order valence-corrected chi connectivity index (χ2v) is 9.40. The molecule has 2 heterocycles. The lowest BCUT2D eigenvalue weighted by atomic mass is 10.1. The zero-order valence-electron chi connectivity index (χ0n) is 21.9. The minimum absolute atomic E-state index is 0.0959. The first-order chi connectivity index (χ1) is 18.3. The summed E-state index contributed by atoms with van der Waals surface area (Å²) in [4.78, 5) is 41.1. The highest BCUT2D eigenvalue weighted by Gasteiger charge is 2.22. The number of methoxy groups -OCH3 is 1. The molecule has 0 unspecified atom stereocenters. The fourth-order valence-corrected chi connectivity index (χ4v) is 5.08. The van der Waals surface area contributed by atoms with Crippen molar-refractivity contribution < 1.29 is 9.53 Å². The molecule has 0 aliphatic rings. The summed E-state index contributed by atoms with van der Waals surface area (Å²) >= 11 is 0. The van der Waals surface area contributed by atoms with Gasteiger partial charge in [-0.05, 0) is 48.2 Å². The minimum atomic E-state index is -0.544. The Balaban J connectivity index is 1.72. The Morgan fingerprint density at radius 1 is 0.947 bits per heavy atom. The van der Waals surface area contributed by atoms with Crippen molar-refractivity contribution in [1.82, 2.24) is 13.7 Å². The zero-order valence-corrected chi connectivity index (χ0v) is 21.9. The van der Waals surface area contributed by atoms with Crippen LogP contribution < -0.4 is 21.3 Å². The molecule has 5 aromatic rings. The number of nitrogens with one attached hydrogen (secondary N) is 1. The lowest BCUT2D eigenvalue weighted by Gasteiger charge is -2.16. The molecule has 194 valence electrons. The first-order valence-corrected chi connectivity index (χ1v) is 12.6. The normalized spacial score (nSPS) is 11.3. The quantitative estimate of drug-likeness (QED) is 0.355. The van der Waals surface area contributed by atoms with Crippen LogP contribution in [0, 0.1) is 6.92 Å². The van der Waals surface area contributed by atoms with E-state index in [-0.39, 0.29) is 19.0 Å². The molecule has 5 rings (SSSR count). The van der Waals surface area contributed by atoms with Gasteiger partial charge in [-0.1, -0.05) is 55.5 Å². The Labute approximate surface area is 219 Å². The van der Waals surface area contributed by atoms with Crippen molar-refractivity contribution >= 4 is 33.5 Å². The number of ether oxygens (including phenoxy) is 1. The fourth-order valence-electron chi connectivity index (χ4n) is 5.08. The maximum atomic E-state index is 13.9. The van der Waals surface area contributed by atoms with E-state index in [4.69, 9.17) is 4.74 Å². The molecular formula is C30H30N4O4. The van der Waals surface area contributed by atoms with Crippen LogP contribution in [0.3, 0.4) is 0 Å². The highest BCUT2D eigenvalue weighted by atomic mass is 16.5. The number of para-hydroxylation sites is 1. The van der Waals surface area contributed by atoms with Gasteiger partial charge in [-0.2, -0.15) is 0 Å². The molecule has 8 nitrogen and oxygen atoms in total. The Morgan fingerprint density at radius 2 is 1.71 bits per heavy atom. The SMILES string of the molecule is CCc1cccc(C)c1NC(=O)Cn1c(=O)n(Cc2ccccc2)c(=O)c2c1c1cc(OC)ccc1n2C. The lowest BCUT2D eigenvalue weighted by molar-refractivity contribution is -0.116. The molecule has 0 fully saturated rings. The van der Waals surface area contributed by atoms with E-state index in [0.717, 1.165) is 34.3 Å². The van der Waals surface area contributed by atoms with Gasteiger partial charge in [-0.25, -0.2) is 4.79 Å². The number of anilines is 1. The molecule has 0 spiro atoms. The molecule has 0 aliphatic heterocycles. The smallest absolute Gasteiger partial charge is 0.332 e. The van der Waals surface area contributed by atoms with Gasteiger partial charge in [0.15, 0.2) is 0 Å². The van der Waals surface area contributed by atoms with E-state index in [0.29, 0.717) is 22.2 Å². The van der Waals surface area contributed by atoms with Crippen LogP contribution >= 0.6 is 0 Å². The number of hydrogen-bond acceptors (Lipinski definition) is 4. The van der Waals surface area contributed by atoms with E-state index in [2.05, 4.69) is 5.32 Å². The van der Waals surface area contributed by atoms with Crippen molar-refractivity contribution in [1.29, 1.82) is 0 Å². The van der Waals surface area contributed by atoms with Gasteiger partial charge >= 0.3 is 5.69 Å². The van der Waals surface area contributed by atoms with E-state index >= 15 is 0 Å². The molecule has 3 aromatic carbocycles. The van der Waals surface area contributed by atoms with Gasteiger partial charge in [0, 0.05) is 18.1 Å². The zero-order chi connectivity index (χ0) is 27.0. The first-order valence-electron chi connectivity index (χ1n) is 12.6.